The Morgan fingerprint density at radius 3 is 2.37 bits per heavy atom. The average molecular weight is 719 g/mol. The average Bonchev–Trinajstić information content (AvgIpc) is 3.48. The maximum atomic E-state index is 14.1. The number of benzene rings is 1. The third-order valence-corrected chi connectivity index (χ3v) is 13.7. The van der Waals surface area contributed by atoms with Crippen molar-refractivity contribution in [1.29, 1.82) is 0 Å². The monoisotopic (exact) mass is 718 g/mol. The second-order valence-electron chi connectivity index (χ2n) is 16.3. The molecule has 284 valence electrons. The zero-order valence-electron chi connectivity index (χ0n) is 30.4. The van der Waals surface area contributed by atoms with E-state index >= 15 is 0 Å². The number of aliphatic hydroxyl groups is 4. The lowest BCUT2D eigenvalue weighted by atomic mass is 9.42. The van der Waals surface area contributed by atoms with Crippen molar-refractivity contribution in [2.45, 2.75) is 164 Å². The van der Waals surface area contributed by atoms with Gasteiger partial charge in [0, 0.05) is 33.3 Å². The molecule has 14 unspecified atom stereocenters. The molecule has 2 spiro atoms. The van der Waals surface area contributed by atoms with Crippen molar-refractivity contribution in [3.63, 3.8) is 0 Å². The van der Waals surface area contributed by atoms with E-state index in [1.807, 2.05) is 0 Å². The Morgan fingerprint density at radius 2 is 1.71 bits per heavy atom. The second kappa shape index (κ2) is 12.7. The highest BCUT2D eigenvalue weighted by Gasteiger charge is 2.90. The Balaban J connectivity index is 1.28. The lowest BCUT2D eigenvalue weighted by molar-refractivity contribution is -0.342. The van der Waals surface area contributed by atoms with Gasteiger partial charge in [-0.1, -0.05) is 25.1 Å². The van der Waals surface area contributed by atoms with E-state index in [9.17, 15) is 30.0 Å². The number of hydrogen-bond donors (Lipinski definition) is 4. The standard InChI is InChI=1S/C38H54O13/c1-21-31(41)27(45-6)19-30(46-21)48-26-13-14-33(4)25(18-26)12-15-36-28(33)20-29(47-23(3)40)38(49-32(42)24-10-8-7-9-11-24)35(44,22(2)39)16-17-37(36,38)51-34(5,43)50-36/h7-11,21-22,25-31,39,41,43-44H,12-20H2,1-6H3/t21?,22?,25?,26?,27?,28?,29?,30?,31?,33-,34?,35?,36?,37?,38?/m0/s1. The van der Waals surface area contributed by atoms with E-state index in [2.05, 4.69) is 6.92 Å². The van der Waals surface area contributed by atoms with Crippen LogP contribution < -0.4 is 0 Å². The highest BCUT2D eigenvalue weighted by Crippen LogP contribution is 2.75. The van der Waals surface area contributed by atoms with Crippen molar-refractivity contribution < 1.29 is 63.2 Å². The number of ether oxygens (including phenoxy) is 7. The molecule has 13 heteroatoms. The minimum absolute atomic E-state index is 0.0527. The summed E-state index contributed by atoms with van der Waals surface area (Å²) in [6, 6.07) is 8.28. The van der Waals surface area contributed by atoms with Crippen LogP contribution in [0, 0.1) is 17.3 Å². The van der Waals surface area contributed by atoms with Crippen molar-refractivity contribution in [1.82, 2.24) is 0 Å². The SMILES string of the molecule is COC1CC(OC2CC[C@@]3(C)C(CCC45OC(C)(O)OC46CCC(O)(C(C)O)C6(OC(=O)c4ccccc4)C(OC(C)=O)CC53)C2)OC(C)C1O. The maximum absolute atomic E-state index is 14.1. The lowest BCUT2D eigenvalue weighted by Gasteiger charge is -2.68. The fourth-order valence-electron chi connectivity index (χ4n) is 11.5. The summed E-state index contributed by atoms with van der Waals surface area (Å²) in [6.07, 6.45) is -1.33. The smallest absolute Gasteiger partial charge is 0.339 e. The Hall–Kier alpha value is -2.20. The first-order valence-electron chi connectivity index (χ1n) is 18.5. The molecule has 2 saturated heterocycles. The van der Waals surface area contributed by atoms with Gasteiger partial charge in [0.1, 0.15) is 29.0 Å². The van der Waals surface area contributed by atoms with Gasteiger partial charge in [-0.3, -0.25) is 4.79 Å². The Morgan fingerprint density at radius 1 is 0.980 bits per heavy atom. The number of carbonyl (C=O) groups excluding carboxylic acids is 2. The number of aliphatic hydroxyl groups excluding tert-OH is 2. The molecule has 4 aliphatic carbocycles. The molecule has 2 heterocycles. The molecule has 4 saturated carbocycles. The molecule has 0 radical (unpaired) electrons. The van der Waals surface area contributed by atoms with Gasteiger partial charge in [0.2, 0.25) is 5.60 Å². The van der Waals surface area contributed by atoms with E-state index in [0.717, 1.165) is 0 Å². The molecule has 0 amide bonds. The van der Waals surface area contributed by atoms with E-state index in [1.165, 1.54) is 20.8 Å². The van der Waals surface area contributed by atoms with E-state index in [0.29, 0.717) is 38.5 Å². The minimum atomic E-state index is -2.16. The Bertz CT molecular complexity index is 1490. The van der Waals surface area contributed by atoms with Crippen LogP contribution in [-0.4, -0.2) is 111 Å². The highest BCUT2D eigenvalue weighted by molar-refractivity contribution is 5.90. The molecular weight excluding hydrogens is 664 g/mol. The summed E-state index contributed by atoms with van der Waals surface area (Å²) < 4.78 is 44.0. The van der Waals surface area contributed by atoms with E-state index in [1.54, 1.807) is 44.4 Å². The molecular formula is C38H54O13. The van der Waals surface area contributed by atoms with Gasteiger partial charge in [-0.15, -0.1) is 0 Å². The number of esters is 2. The molecule has 0 bridgehead atoms. The number of hydrogen-bond acceptors (Lipinski definition) is 13. The molecule has 4 N–H and O–H groups in total. The number of methoxy groups -OCH3 is 1. The van der Waals surface area contributed by atoms with Crippen molar-refractivity contribution in [2.24, 2.45) is 17.3 Å². The van der Waals surface area contributed by atoms with Gasteiger partial charge in [-0.25, -0.2) is 4.79 Å². The van der Waals surface area contributed by atoms with Gasteiger partial charge in [0.15, 0.2) is 6.29 Å². The third-order valence-electron chi connectivity index (χ3n) is 13.7. The van der Waals surface area contributed by atoms with Crippen molar-refractivity contribution in [2.75, 3.05) is 7.11 Å². The predicted octanol–water partition coefficient (Wildman–Crippen LogP) is 3.13. The number of carbonyl (C=O) groups is 2. The van der Waals surface area contributed by atoms with Crippen LogP contribution in [0.5, 0.6) is 0 Å². The van der Waals surface area contributed by atoms with Gasteiger partial charge in [0.05, 0.1) is 30.0 Å². The molecule has 15 atom stereocenters. The Kier molecular flexibility index (Phi) is 9.24. The van der Waals surface area contributed by atoms with Gasteiger partial charge in [-0.05, 0) is 88.7 Å². The van der Waals surface area contributed by atoms with Crippen LogP contribution in [0.3, 0.4) is 0 Å². The van der Waals surface area contributed by atoms with Crippen LogP contribution in [0.4, 0.5) is 0 Å². The van der Waals surface area contributed by atoms with Crippen LogP contribution in [0.25, 0.3) is 0 Å². The summed E-state index contributed by atoms with van der Waals surface area (Å²) in [5.74, 6) is -3.87. The Labute approximate surface area is 298 Å². The topological polar surface area (TPSA) is 180 Å². The van der Waals surface area contributed by atoms with Crippen molar-refractivity contribution >= 4 is 11.9 Å². The second-order valence-corrected chi connectivity index (χ2v) is 16.3. The number of rotatable bonds is 7. The van der Waals surface area contributed by atoms with Crippen LogP contribution in [0.15, 0.2) is 30.3 Å². The summed E-state index contributed by atoms with van der Waals surface area (Å²) >= 11 is 0. The van der Waals surface area contributed by atoms with Crippen LogP contribution >= 0.6 is 0 Å². The van der Waals surface area contributed by atoms with Crippen molar-refractivity contribution in [3.8, 4) is 0 Å². The summed E-state index contributed by atoms with van der Waals surface area (Å²) in [7, 11) is 1.57. The van der Waals surface area contributed by atoms with Gasteiger partial charge >= 0.3 is 11.9 Å². The fourth-order valence-corrected chi connectivity index (χ4v) is 11.5. The molecule has 51 heavy (non-hydrogen) atoms. The molecule has 0 aromatic heterocycles. The summed E-state index contributed by atoms with van der Waals surface area (Å²) in [6.45, 7) is 8.07. The zero-order chi connectivity index (χ0) is 36.8. The highest BCUT2D eigenvalue weighted by atomic mass is 16.9. The van der Waals surface area contributed by atoms with Crippen LogP contribution in [0.1, 0.15) is 103 Å². The molecule has 7 rings (SSSR count). The number of fused-ring (bicyclic) bond motifs is 2. The first-order chi connectivity index (χ1) is 24.0. The van der Waals surface area contributed by atoms with Gasteiger partial charge in [0.25, 0.3) is 5.97 Å². The largest absolute Gasteiger partial charge is 0.458 e. The van der Waals surface area contributed by atoms with E-state index < -0.39 is 82.5 Å². The molecule has 6 fully saturated rings. The summed E-state index contributed by atoms with van der Waals surface area (Å²) in [4.78, 5) is 27.1. The normalized spacial score (nSPS) is 49.5. The lowest BCUT2D eigenvalue weighted by Crippen LogP contribution is -2.84. The molecule has 13 nitrogen and oxygen atoms in total. The zero-order valence-corrected chi connectivity index (χ0v) is 30.4. The van der Waals surface area contributed by atoms with Gasteiger partial charge < -0.3 is 53.6 Å². The quantitative estimate of drug-likeness (QED) is 0.239. The third kappa shape index (κ3) is 5.36. The summed E-state index contributed by atoms with van der Waals surface area (Å²) in [5.41, 5.74) is -7.57. The molecule has 1 aromatic carbocycles. The van der Waals surface area contributed by atoms with Crippen LogP contribution in [-0.2, 0) is 38.0 Å². The molecule has 2 aliphatic heterocycles. The van der Waals surface area contributed by atoms with E-state index in [4.69, 9.17) is 33.2 Å². The predicted molar refractivity (Wildman–Crippen MR) is 178 cm³/mol. The van der Waals surface area contributed by atoms with Gasteiger partial charge in [-0.2, -0.15) is 0 Å². The van der Waals surface area contributed by atoms with Crippen LogP contribution in [0.2, 0.25) is 0 Å². The van der Waals surface area contributed by atoms with E-state index in [-0.39, 0.29) is 42.8 Å². The van der Waals surface area contributed by atoms with Crippen molar-refractivity contribution in [3.05, 3.63) is 35.9 Å². The fraction of sp³-hybridized carbons (Fsp3) is 0.789. The minimum Gasteiger partial charge on any atom is -0.458 e. The maximum Gasteiger partial charge on any atom is 0.339 e. The first-order valence-corrected chi connectivity index (χ1v) is 18.5. The first kappa shape index (κ1) is 37.1. The molecule has 1 aromatic rings. The summed E-state index contributed by atoms with van der Waals surface area (Å²) in [5, 5.41) is 46.2. The molecule has 6 aliphatic rings.